The van der Waals surface area contributed by atoms with E-state index in [0.717, 1.165) is 19.6 Å². The van der Waals surface area contributed by atoms with E-state index in [1.54, 1.807) is 0 Å². The maximum Gasteiger partial charge on any atom is 0.0509 e. The number of nitrogens with zero attached hydrogens (tertiary/aromatic N) is 2. The molecule has 0 heterocycles. The highest BCUT2D eigenvalue weighted by Crippen LogP contribution is 2.18. The first-order valence-electron chi connectivity index (χ1n) is 6.59. The molecule has 0 bridgehead atoms. The molecule has 3 nitrogen and oxygen atoms in total. The first kappa shape index (κ1) is 15.2. The van der Waals surface area contributed by atoms with Gasteiger partial charge in [0, 0.05) is 6.54 Å². The second kappa shape index (κ2) is 6.88. The molecule has 0 aliphatic heterocycles. The maximum atomic E-state index is 6.42. The zero-order chi connectivity index (χ0) is 13.6. The van der Waals surface area contributed by atoms with Gasteiger partial charge in [-0.15, -0.1) is 0 Å². The van der Waals surface area contributed by atoms with Crippen molar-refractivity contribution in [3.05, 3.63) is 35.9 Å². The number of hydrogen-bond acceptors (Lipinski definition) is 3. The maximum absolute atomic E-state index is 6.42. The minimum atomic E-state index is -0.284. The van der Waals surface area contributed by atoms with Gasteiger partial charge in [0.05, 0.1) is 5.54 Å². The Hall–Kier alpha value is -0.900. The molecular weight excluding hydrogens is 222 g/mol. The quantitative estimate of drug-likeness (QED) is 0.799. The molecule has 0 aromatic heterocycles. The van der Waals surface area contributed by atoms with Crippen molar-refractivity contribution in [3.63, 3.8) is 0 Å². The van der Waals surface area contributed by atoms with Crippen molar-refractivity contribution in [1.82, 2.24) is 9.80 Å². The third-order valence-electron chi connectivity index (χ3n) is 3.18. The molecule has 3 heteroatoms. The molecule has 1 unspecified atom stereocenters. The molecule has 1 aromatic rings. The molecule has 1 atom stereocenters. The van der Waals surface area contributed by atoms with Gasteiger partial charge in [-0.1, -0.05) is 30.3 Å². The van der Waals surface area contributed by atoms with Crippen LogP contribution >= 0.6 is 0 Å². The fourth-order valence-electron chi connectivity index (χ4n) is 2.21. The molecule has 0 aliphatic rings. The summed E-state index contributed by atoms with van der Waals surface area (Å²) in [4.78, 5) is 4.53. The monoisotopic (exact) mass is 249 g/mol. The predicted molar refractivity (Wildman–Crippen MR) is 78.6 cm³/mol. The molecule has 0 fully saturated rings. The van der Waals surface area contributed by atoms with Gasteiger partial charge in [-0.3, -0.25) is 0 Å². The lowest BCUT2D eigenvalue weighted by atomic mass is 9.93. The topological polar surface area (TPSA) is 32.5 Å². The Morgan fingerprint density at radius 2 is 1.67 bits per heavy atom. The fourth-order valence-corrected chi connectivity index (χ4v) is 2.21. The molecule has 0 saturated carbocycles. The van der Waals surface area contributed by atoms with Gasteiger partial charge < -0.3 is 15.5 Å². The number of likely N-dealkylation sites (N-methyl/N-ethyl adjacent to an activating group) is 1. The number of rotatable bonds is 7. The van der Waals surface area contributed by atoms with Crippen molar-refractivity contribution in [2.75, 3.05) is 40.8 Å². The van der Waals surface area contributed by atoms with Crippen LogP contribution in [0.5, 0.6) is 0 Å². The largest absolute Gasteiger partial charge is 0.321 e. The summed E-state index contributed by atoms with van der Waals surface area (Å²) < 4.78 is 0. The van der Waals surface area contributed by atoms with Crippen molar-refractivity contribution in [2.24, 2.45) is 5.73 Å². The molecule has 0 amide bonds. The lowest BCUT2D eigenvalue weighted by Crippen LogP contribution is -2.44. The van der Waals surface area contributed by atoms with Gasteiger partial charge in [-0.25, -0.2) is 0 Å². The standard InChI is InChI=1S/C15H27N3/c1-15(16,14-9-6-5-7-10-14)13-18(4)12-8-11-17(2)3/h5-7,9-10H,8,11-13,16H2,1-4H3. The molecule has 0 aliphatic carbocycles. The summed E-state index contributed by atoms with van der Waals surface area (Å²) >= 11 is 0. The van der Waals surface area contributed by atoms with Crippen LogP contribution in [0.2, 0.25) is 0 Å². The Labute approximate surface area is 112 Å². The summed E-state index contributed by atoms with van der Waals surface area (Å²) in [5.74, 6) is 0. The Balaban J connectivity index is 2.45. The lowest BCUT2D eigenvalue weighted by Gasteiger charge is -2.31. The summed E-state index contributed by atoms with van der Waals surface area (Å²) in [6.45, 7) is 5.18. The zero-order valence-electron chi connectivity index (χ0n) is 12.2. The van der Waals surface area contributed by atoms with Gasteiger partial charge in [-0.2, -0.15) is 0 Å². The van der Waals surface area contributed by atoms with Crippen molar-refractivity contribution in [3.8, 4) is 0 Å². The van der Waals surface area contributed by atoms with E-state index in [9.17, 15) is 0 Å². The third-order valence-corrected chi connectivity index (χ3v) is 3.18. The lowest BCUT2D eigenvalue weighted by molar-refractivity contribution is 0.246. The molecule has 18 heavy (non-hydrogen) atoms. The number of hydrogen-bond donors (Lipinski definition) is 1. The SMILES string of the molecule is CN(C)CCCN(C)CC(C)(N)c1ccccc1. The predicted octanol–water partition coefficient (Wildman–Crippen LogP) is 1.74. The highest BCUT2D eigenvalue weighted by Gasteiger charge is 2.22. The van der Waals surface area contributed by atoms with Crippen molar-refractivity contribution in [2.45, 2.75) is 18.9 Å². The third kappa shape index (κ3) is 5.17. The zero-order valence-corrected chi connectivity index (χ0v) is 12.2. The first-order chi connectivity index (χ1) is 8.42. The second-order valence-corrected chi connectivity index (χ2v) is 5.68. The molecule has 0 saturated heterocycles. The summed E-state index contributed by atoms with van der Waals surface area (Å²) in [5, 5.41) is 0. The van der Waals surface area contributed by atoms with Crippen LogP contribution in [0, 0.1) is 0 Å². The van der Waals surface area contributed by atoms with Crippen LogP contribution in [0.25, 0.3) is 0 Å². The van der Waals surface area contributed by atoms with Crippen molar-refractivity contribution < 1.29 is 0 Å². The van der Waals surface area contributed by atoms with E-state index in [2.05, 4.69) is 50.0 Å². The second-order valence-electron chi connectivity index (χ2n) is 5.68. The Bertz CT molecular complexity index is 333. The van der Waals surface area contributed by atoms with Crippen molar-refractivity contribution in [1.29, 1.82) is 0 Å². The van der Waals surface area contributed by atoms with E-state index in [1.165, 1.54) is 12.0 Å². The van der Waals surface area contributed by atoms with E-state index in [0.29, 0.717) is 0 Å². The van der Waals surface area contributed by atoms with Gasteiger partial charge in [0.2, 0.25) is 0 Å². The number of benzene rings is 1. The van der Waals surface area contributed by atoms with E-state index in [4.69, 9.17) is 5.73 Å². The average Bonchev–Trinajstić information content (AvgIpc) is 2.29. The molecule has 1 rings (SSSR count). The van der Waals surface area contributed by atoms with E-state index in [-0.39, 0.29) is 5.54 Å². The van der Waals surface area contributed by atoms with E-state index in [1.807, 2.05) is 18.2 Å². The number of nitrogens with two attached hydrogens (primary N) is 1. The van der Waals surface area contributed by atoms with Gasteiger partial charge in [-0.05, 0) is 53.1 Å². The highest BCUT2D eigenvalue weighted by molar-refractivity contribution is 5.23. The van der Waals surface area contributed by atoms with Gasteiger partial charge in [0.15, 0.2) is 0 Å². The molecular formula is C15H27N3. The Morgan fingerprint density at radius 3 is 2.22 bits per heavy atom. The van der Waals surface area contributed by atoms with Crippen molar-refractivity contribution >= 4 is 0 Å². The summed E-state index contributed by atoms with van der Waals surface area (Å²) in [6.07, 6.45) is 1.17. The molecule has 102 valence electrons. The fraction of sp³-hybridized carbons (Fsp3) is 0.600. The Kier molecular flexibility index (Phi) is 5.79. The summed E-state index contributed by atoms with van der Waals surface area (Å²) in [6, 6.07) is 10.3. The van der Waals surface area contributed by atoms with E-state index < -0.39 is 0 Å². The normalized spacial score (nSPS) is 15.1. The minimum absolute atomic E-state index is 0.284. The summed E-state index contributed by atoms with van der Waals surface area (Å²) in [5.41, 5.74) is 7.33. The van der Waals surface area contributed by atoms with Gasteiger partial charge in [0.1, 0.15) is 0 Å². The minimum Gasteiger partial charge on any atom is -0.321 e. The smallest absolute Gasteiger partial charge is 0.0509 e. The van der Waals surface area contributed by atoms with Crippen LogP contribution in [-0.2, 0) is 5.54 Å². The van der Waals surface area contributed by atoms with Gasteiger partial charge in [0.25, 0.3) is 0 Å². The van der Waals surface area contributed by atoms with Crippen LogP contribution in [0.1, 0.15) is 18.9 Å². The van der Waals surface area contributed by atoms with E-state index >= 15 is 0 Å². The molecule has 1 aromatic carbocycles. The van der Waals surface area contributed by atoms with Crippen LogP contribution in [0.4, 0.5) is 0 Å². The van der Waals surface area contributed by atoms with Crippen LogP contribution < -0.4 is 5.73 Å². The molecule has 2 N–H and O–H groups in total. The molecule has 0 spiro atoms. The van der Waals surface area contributed by atoms with Gasteiger partial charge >= 0.3 is 0 Å². The average molecular weight is 249 g/mol. The van der Waals surface area contributed by atoms with Crippen LogP contribution in [0.15, 0.2) is 30.3 Å². The highest BCUT2D eigenvalue weighted by atomic mass is 15.1. The summed E-state index contributed by atoms with van der Waals surface area (Å²) in [7, 11) is 6.36. The van der Waals surface area contributed by atoms with Crippen LogP contribution in [-0.4, -0.2) is 50.6 Å². The molecule has 0 radical (unpaired) electrons. The van der Waals surface area contributed by atoms with Crippen LogP contribution in [0.3, 0.4) is 0 Å². The first-order valence-corrected chi connectivity index (χ1v) is 6.59. The Morgan fingerprint density at radius 1 is 1.06 bits per heavy atom.